The number of halogens is 1. The second-order valence-corrected chi connectivity index (χ2v) is 7.80. The van der Waals surface area contributed by atoms with Crippen molar-refractivity contribution in [2.24, 2.45) is 0 Å². The molecule has 0 atom stereocenters. The molecule has 0 heterocycles. The summed E-state index contributed by atoms with van der Waals surface area (Å²) in [5, 5.41) is 0. The highest BCUT2D eigenvalue weighted by molar-refractivity contribution is 7.89. The van der Waals surface area contributed by atoms with Gasteiger partial charge in [-0.05, 0) is 55.8 Å². The lowest BCUT2D eigenvalue weighted by Gasteiger charge is -2.17. The van der Waals surface area contributed by atoms with Crippen molar-refractivity contribution in [3.8, 4) is 0 Å². The van der Waals surface area contributed by atoms with Gasteiger partial charge in [0, 0.05) is 25.2 Å². The maximum Gasteiger partial charge on any atom is 0.253 e. The highest BCUT2D eigenvalue weighted by Gasteiger charge is 2.17. The molecule has 0 saturated carbocycles. The van der Waals surface area contributed by atoms with Crippen molar-refractivity contribution in [3.05, 3.63) is 65.5 Å². The Bertz CT molecular complexity index is 832. The minimum absolute atomic E-state index is 0.110. The quantitative estimate of drug-likeness (QED) is 0.857. The molecule has 0 aliphatic rings. The molecule has 0 spiro atoms. The number of carbonyl (C=O) groups excluding carboxylic acids is 1. The summed E-state index contributed by atoms with van der Waals surface area (Å²) in [4.78, 5) is 14.0. The van der Waals surface area contributed by atoms with Gasteiger partial charge in [-0.15, -0.1) is 0 Å². The summed E-state index contributed by atoms with van der Waals surface area (Å²) in [5.41, 5.74) is 1.19. The summed E-state index contributed by atoms with van der Waals surface area (Å²) in [6.07, 6.45) is 0. The van der Waals surface area contributed by atoms with Crippen molar-refractivity contribution in [2.45, 2.75) is 31.3 Å². The Morgan fingerprint density at radius 3 is 2.16 bits per heavy atom. The van der Waals surface area contributed by atoms with Crippen molar-refractivity contribution in [1.29, 1.82) is 0 Å². The molecule has 0 aliphatic heterocycles. The highest BCUT2D eigenvalue weighted by atomic mass is 32.2. The van der Waals surface area contributed by atoms with E-state index < -0.39 is 10.0 Å². The van der Waals surface area contributed by atoms with Crippen LogP contribution in [0.2, 0.25) is 0 Å². The first kappa shape index (κ1) is 19.1. The first-order valence-electron chi connectivity index (χ1n) is 7.81. The molecule has 134 valence electrons. The maximum atomic E-state index is 12.9. The van der Waals surface area contributed by atoms with Crippen LogP contribution >= 0.6 is 0 Å². The van der Waals surface area contributed by atoms with Crippen LogP contribution in [-0.2, 0) is 16.6 Å². The highest BCUT2D eigenvalue weighted by Crippen LogP contribution is 2.14. The molecule has 1 N–H and O–H groups in total. The fourth-order valence-electron chi connectivity index (χ4n) is 2.31. The van der Waals surface area contributed by atoms with Crippen molar-refractivity contribution < 1.29 is 17.6 Å². The van der Waals surface area contributed by atoms with Gasteiger partial charge in [0.15, 0.2) is 0 Å². The van der Waals surface area contributed by atoms with E-state index in [1.165, 1.54) is 41.3 Å². The summed E-state index contributed by atoms with van der Waals surface area (Å²) in [6.45, 7) is 3.80. The third-order valence-corrected chi connectivity index (χ3v) is 5.16. The Morgan fingerprint density at radius 2 is 1.64 bits per heavy atom. The van der Waals surface area contributed by atoms with Gasteiger partial charge in [-0.25, -0.2) is 17.5 Å². The fourth-order valence-corrected chi connectivity index (χ4v) is 3.56. The van der Waals surface area contributed by atoms with Gasteiger partial charge in [-0.3, -0.25) is 4.79 Å². The largest absolute Gasteiger partial charge is 0.337 e. The van der Waals surface area contributed by atoms with Gasteiger partial charge in [0.05, 0.1) is 4.90 Å². The van der Waals surface area contributed by atoms with E-state index in [9.17, 15) is 17.6 Å². The van der Waals surface area contributed by atoms with Crippen LogP contribution in [-0.4, -0.2) is 32.3 Å². The monoisotopic (exact) mass is 364 g/mol. The molecule has 0 bridgehead atoms. The topological polar surface area (TPSA) is 66.5 Å². The number of rotatable bonds is 6. The lowest BCUT2D eigenvalue weighted by atomic mass is 10.1. The number of nitrogens with zero attached hydrogens (tertiary/aromatic N) is 1. The predicted octanol–water partition coefficient (Wildman–Crippen LogP) is 2.78. The molecule has 0 saturated heterocycles. The van der Waals surface area contributed by atoms with E-state index >= 15 is 0 Å². The number of sulfonamides is 1. The lowest BCUT2D eigenvalue weighted by molar-refractivity contribution is 0.0785. The number of hydrogen-bond acceptors (Lipinski definition) is 3. The van der Waals surface area contributed by atoms with Crippen LogP contribution in [0.15, 0.2) is 53.4 Å². The molecule has 0 aromatic heterocycles. The van der Waals surface area contributed by atoms with Crippen molar-refractivity contribution >= 4 is 15.9 Å². The molecule has 0 unspecified atom stereocenters. The number of carbonyl (C=O) groups is 1. The number of amides is 1. The molecule has 7 heteroatoms. The molecule has 2 aromatic rings. The van der Waals surface area contributed by atoms with Gasteiger partial charge in [0.1, 0.15) is 5.82 Å². The zero-order valence-electron chi connectivity index (χ0n) is 14.4. The third-order valence-electron chi connectivity index (χ3n) is 3.48. The molecular formula is C18H21FN2O3S. The van der Waals surface area contributed by atoms with Gasteiger partial charge < -0.3 is 4.90 Å². The van der Waals surface area contributed by atoms with Crippen LogP contribution in [0, 0.1) is 5.82 Å². The van der Waals surface area contributed by atoms with Crippen LogP contribution in [0.5, 0.6) is 0 Å². The Morgan fingerprint density at radius 1 is 1.08 bits per heavy atom. The van der Waals surface area contributed by atoms with Crippen molar-refractivity contribution in [1.82, 2.24) is 9.62 Å². The molecule has 0 fully saturated rings. The Hall–Kier alpha value is -2.25. The van der Waals surface area contributed by atoms with E-state index in [1.54, 1.807) is 33.0 Å². The van der Waals surface area contributed by atoms with E-state index in [4.69, 9.17) is 0 Å². The standard InChI is InChI=1S/C18H21FN2O3S/c1-13(2)20-25(23,24)17-10-6-15(7-11-17)18(22)21(3)12-14-4-8-16(19)9-5-14/h4-11,13,20H,12H2,1-3H3. The molecule has 5 nitrogen and oxygen atoms in total. The fraction of sp³-hybridized carbons (Fsp3) is 0.278. The summed E-state index contributed by atoms with van der Waals surface area (Å²) in [5.74, 6) is -0.574. The Kier molecular flexibility index (Phi) is 5.92. The SMILES string of the molecule is CC(C)NS(=O)(=O)c1ccc(C(=O)N(C)Cc2ccc(F)cc2)cc1. The lowest BCUT2D eigenvalue weighted by Crippen LogP contribution is -2.30. The average Bonchev–Trinajstić information content (AvgIpc) is 2.55. The number of hydrogen-bond donors (Lipinski definition) is 1. The normalized spacial score (nSPS) is 11.6. The van der Waals surface area contributed by atoms with E-state index in [2.05, 4.69) is 4.72 Å². The number of benzene rings is 2. The van der Waals surface area contributed by atoms with Gasteiger partial charge in [-0.2, -0.15) is 0 Å². The Balaban J connectivity index is 2.10. The zero-order chi connectivity index (χ0) is 18.6. The summed E-state index contributed by atoms with van der Waals surface area (Å²) >= 11 is 0. The zero-order valence-corrected chi connectivity index (χ0v) is 15.2. The molecule has 1 amide bonds. The van der Waals surface area contributed by atoms with Gasteiger partial charge >= 0.3 is 0 Å². The average molecular weight is 364 g/mol. The number of nitrogens with one attached hydrogen (secondary N) is 1. The summed E-state index contributed by atoms with van der Waals surface area (Å²) in [7, 11) is -1.95. The van der Waals surface area contributed by atoms with Crippen LogP contribution in [0.25, 0.3) is 0 Å². The van der Waals surface area contributed by atoms with Crippen LogP contribution in [0.3, 0.4) is 0 Å². The van der Waals surface area contributed by atoms with Crippen LogP contribution in [0.1, 0.15) is 29.8 Å². The van der Waals surface area contributed by atoms with Crippen molar-refractivity contribution in [2.75, 3.05) is 7.05 Å². The van der Waals surface area contributed by atoms with E-state index in [0.717, 1.165) is 5.56 Å². The molecule has 2 aromatic carbocycles. The van der Waals surface area contributed by atoms with E-state index in [1.807, 2.05) is 0 Å². The second kappa shape index (κ2) is 7.76. The summed E-state index contributed by atoms with van der Waals surface area (Å²) in [6, 6.07) is 11.5. The minimum atomic E-state index is -3.59. The van der Waals surface area contributed by atoms with Crippen LogP contribution in [0.4, 0.5) is 4.39 Å². The first-order valence-corrected chi connectivity index (χ1v) is 9.29. The first-order chi connectivity index (χ1) is 11.7. The molecule has 25 heavy (non-hydrogen) atoms. The van der Waals surface area contributed by atoms with Crippen LogP contribution < -0.4 is 4.72 Å². The Labute approximate surface area is 147 Å². The van der Waals surface area contributed by atoms with Gasteiger partial charge in [0.25, 0.3) is 5.91 Å². The molecular weight excluding hydrogens is 343 g/mol. The third kappa shape index (κ3) is 5.11. The smallest absolute Gasteiger partial charge is 0.253 e. The summed E-state index contributed by atoms with van der Waals surface area (Å²) < 4.78 is 39.6. The minimum Gasteiger partial charge on any atom is -0.337 e. The molecule has 0 aliphatic carbocycles. The van der Waals surface area contributed by atoms with E-state index in [0.29, 0.717) is 12.1 Å². The van der Waals surface area contributed by atoms with Gasteiger partial charge in [-0.1, -0.05) is 12.1 Å². The molecule has 2 rings (SSSR count). The maximum absolute atomic E-state index is 12.9. The van der Waals surface area contributed by atoms with Crippen molar-refractivity contribution in [3.63, 3.8) is 0 Å². The predicted molar refractivity (Wildman–Crippen MR) is 94.1 cm³/mol. The molecule has 0 radical (unpaired) electrons. The second-order valence-electron chi connectivity index (χ2n) is 6.09. The van der Waals surface area contributed by atoms with Gasteiger partial charge in [0.2, 0.25) is 10.0 Å². The van der Waals surface area contributed by atoms with E-state index in [-0.39, 0.29) is 22.7 Å².